The number of benzene rings is 2. The summed E-state index contributed by atoms with van der Waals surface area (Å²) in [6, 6.07) is 11.7. The maximum Gasteiger partial charge on any atom is 0.169 e. The van der Waals surface area contributed by atoms with E-state index in [1.807, 2.05) is 30.3 Å². The molecule has 0 spiro atoms. The summed E-state index contributed by atoms with van der Waals surface area (Å²) in [5, 5.41) is 1.28. The van der Waals surface area contributed by atoms with Crippen molar-refractivity contribution in [2.75, 3.05) is 0 Å². The SMILES string of the molecule is CC1(C)Cc2cccc(Oc3c(Cl)cccc3CBr)c2O1. The average molecular weight is 368 g/mol. The van der Waals surface area contributed by atoms with Gasteiger partial charge in [-0.15, -0.1) is 0 Å². The van der Waals surface area contributed by atoms with Crippen molar-refractivity contribution >= 4 is 27.5 Å². The molecule has 0 N–H and O–H groups in total. The molecule has 0 aromatic heterocycles. The van der Waals surface area contributed by atoms with Gasteiger partial charge in [0, 0.05) is 22.9 Å². The molecule has 0 fully saturated rings. The van der Waals surface area contributed by atoms with Crippen molar-refractivity contribution in [1.29, 1.82) is 0 Å². The van der Waals surface area contributed by atoms with Crippen LogP contribution in [0.15, 0.2) is 36.4 Å². The highest BCUT2D eigenvalue weighted by atomic mass is 79.9. The van der Waals surface area contributed by atoms with Crippen molar-refractivity contribution in [3.63, 3.8) is 0 Å². The zero-order valence-corrected chi connectivity index (χ0v) is 14.3. The van der Waals surface area contributed by atoms with Crippen LogP contribution in [0.4, 0.5) is 0 Å². The third-order valence-corrected chi connectivity index (χ3v) is 4.36. The molecular formula is C17H16BrClO2. The van der Waals surface area contributed by atoms with Crippen LogP contribution in [0.3, 0.4) is 0 Å². The van der Waals surface area contributed by atoms with E-state index in [0.717, 1.165) is 17.7 Å². The fourth-order valence-electron chi connectivity index (χ4n) is 2.55. The Hall–Kier alpha value is -1.19. The standard InChI is InChI=1S/C17H16BrClO2/c1-17(2)9-11-5-4-8-14(16(11)21-17)20-15-12(10-18)6-3-7-13(15)19/h3-8H,9-10H2,1-2H3. The Morgan fingerprint density at radius 1 is 1.24 bits per heavy atom. The van der Waals surface area contributed by atoms with Gasteiger partial charge in [0.15, 0.2) is 11.5 Å². The quantitative estimate of drug-likeness (QED) is 0.644. The van der Waals surface area contributed by atoms with E-state index in [4.69, 9.17) is 21.1 Å². The van der Waals surface area contributed by atoms with Crippen molar-refractivity contribution in [3.05, 3.63) is 52.5 Å². The van der Waals surface area contributed by atoms with Crippen LogP contribution >= 0.6 is 27.5 Å². The van der Waals surface area contributed by atoms with Crippen molar-refractivity contribution in [3.8, 4) is 17.2 Å². The third kappa shape index (κ3) is 2.90. The Morgan fingerprint density at radius 2 is 2.00 bits per heavy atom. The highest BCUT2D eigenvalue weighted by Gasteiger charge is 2.32. The average Bonchev–Trinajstić information content (AvgIpc) is 2.76. The number of halogens is 2. The van der Waals surface area contributed by atoms with Crippen LogP contribution < -0.4 is 9.47 Å². The van der Waals surface area contributed by atoms with E-state index in [-0.39, 0.29) is 5.60 Å². The van der Waals surface area contributed by atoms with Crippen LogP contribution in [0.1, 0.15) is 25.0 Å². The van der Waals surface area contributed by atoms with Gasteiger partial charge < -0.3 is 9.47 Å². The monoisotopic (exact) mass is 366 g/mol. The maximum atomic E-state index is 6.28. The van der Waals surface area contributed by atoms with Crippen molar-refractivity contribution in [2.24, 2.45) is 0 Å². The first-order valence-corrected chi connectivity index (χ1v) is 8.32. The molecule has 0 saturated heterocycles. The molecule has 0 unspecified atom stereocenters. The molecule has 0 amide bonds. The molecule has 0 saturated carbocycles. The Morgan fingerprint density at radius 3 is 2.76 bits per heavy atom. The molecule has 0 atom stereocenters. The molecule has 3 rings (SSSR count). The van der Waals surface area contributed by atoms with E-state index in [9.17, 15) is 0 Å². The molecule has 2 nitrogen and oxygen atoms in total. The first kappa shape index (κ1) is 14.7. The Kier molecular flexibility index (Phi) is 3.89. The molecule has 0 aliphatic carbocycles. The topological polar surface area (TPSA) is 18.5 Å². The van der Waals surface area contributed by atoms with E-state index in [0.29, 0.717) is 21.9 Å². The summed E-state index contributed by atoms with van der Waals surface area (Å²) in [6.07, 6.45) is 0.882. The molecule has 0 radical (unpaired) electrons. The van der Waals surface area contributed by atoms with Gasteiger partial charge in [0.1, 0.15) is 11.4 Å². The fourth-order valence-corrected chi connectivity index (χ4v) is 3.22. The number of alkyl halides is 1. The molecule has 21 heavy (non-hydrogen) atoms. The summed E-state index contributed by atoms with van der Waals surface area (Å²) in [5.41, 5.74) is 1.99. The molecule has 2 aromatic carbocycles. The lowest BCUT2D eigenvalue weighted by Crippen LogP contribution is -2.24. The predicted octanol–water partition coefficient (Wildman–Crippen LogP) is 5.74. The molecular weight excluding hydrogens is 352 g/mol. The number of para-hydroxylation sites is 2. The smallest absolute Gasteiger partial charge is 0.169 e. The van der Waals surface area contributed by atoms with Crippen LogP contribution in [0.25, 0.3) is 0 Å². The summed E-state index contributed by atoms with van der Waals surface area (Å²) in [5.74, 6) is 2.22. The Balaban J connectivity index is 2.00. The van der Waals surface area contributed by atoms with Crippen molar-refractivity contribution in [1.82, 2.24) is 0 Å². The number of ether oxygens (including phenoxy) is 2. The molecule has 4 heteroatoms. The van der Waals surface area contributed by atoms with Gasteiger partial charge in [0.05, 0.1) is 5.02 Å². The van der Waals surface area contributed by atoms with Gasteiger partial charge in [0.25, 0.3) is 0 Å². The lowest BCUT2D eigenvalue weighted by atomic mass is 10.0. The fraction of sp³-hybridized carbons (Fsp3) is 0.294. The minimum atomic E-state index is -0.194. The third-order valence-electron chi connectivity index (χ3n) is 3.46. The zero-order valence-electron chi connectivity index (χ0n) is 12.0. The molecule has 1 aliphatic rings. The highest BCUT2D eigenvalue weighted by Crippen LogP contribution is 2.45. The number of hydrogen-bond donors (Lipinski definition) is 0. The minimum absolute atomic E-state index is 0.194. The second-order valence-corrected chi connectivity index (χ2v) is 6.71. The van der Waals surface area contributed by atoms with Gasteiger partial charge >= 0.3 is 0 Å². The molecule has 1 heterocycles. The molecule has 110 valence electrons. The van der Waals surface area contributed by atoms with Crippen LogP contribution in [-0.2, 0) is 11.8 Å². The predicted molar refractivity (Wildman–Crippen MR) is 89.0 cm³/mol. The van der Waals surface area contributed by atoms with Crippen LogP contribution in [0, 0.1) is 0 Å². The van der Waals surface area contributed by atoms with Gasteiger partial charge in [-0.05, 0) is 26.0 Å². The van der Waals surface area contributed by atoms with Gasteiger partial charge in [0.2, 0.25) is 0 Å². The normalized spacial score (nSPS) is 15.4. The summed E-state index contributed by atoms with van der Waals surface area (Å²) < 4.78 is 12.1. The van der Waals surface area contributed by atoms with Crippen molar-refractivity contribution < 1.29 is 9.47 Å². The first-order chi connectivity index (χ1) is 10.00. The second kappa shape index (κ2) is 5.54. The summed E-state index contributed by atoms with van der Waals surface area (Å²) >= 11 is 9.74. The molecule has 0 bridgehead atoms. The number of fused-ring (bicyclic) bond motifs is 1. The van der Waals surface area contributed by atoms with E-state index in [1.54, 1.807) is 0 Å². The molecule has 2 aromatic rings. The van der Waals surface area contributed by atoms with Gasteiger partial charge in [-0.2, -0.15) is 0 Å². The van der Waals surface area contributed by atoms with Crippen LogP contribution in [-0.4, -0.2) is 5.60 Å². The van der Waals surface area contributed by atoms with Gasteiger partial charge in [-0.25, -0.2) is 0 Å². The first-order valence-electron chi connectivity index (χ1n) is 6.82. The van der Waals surface area contributed by atoms with Crippen LogP contribution in [0.2, 0.25) is 5.02 Å². The Bertz CT molecular complexity index is 682. The van der Waals surface area contributed by atoms with E-state index < -0.39 is 0 Å². The summed E-state index contributed by atoms with van der Waals surface area (Å²) in [4.78, 5) is 0. The maximum absolute atomic E-state index is 6.28. The van der Waals surface area contributed by atoms with Crippen LogP contribution in [0.5, 0.6) is 17.2 Å². The summed E-state index contributed by atoms with van der Waals surface area (Å²) in [7, 11) is 0. The van der Waals surface area contributed by atoms with E-state index in [1.165, 1.54) is 5.56 Å². The lowest BCUT2D eigenvalue weighted by Gasteiger charge is -2.19. The molecule has 1 aliphatic heterocycles. The van der Waals surface area contributed by atoms with Crippen molar-refractivity contribution in [2.45, 2.75) is 31.2 Å². The van der Waals surface area contributed by atoms with Gasteiger partial charge in [-0.1, -0.05) is 51.8 Å². The highest BCUT2D eigenvalue weighted by molar-refractivity contribution is 9.08. The lowest BCUT2D eigenvalue weighted by molar-refractivity contribution is 0.135. The number of rotatable bonds is 3. The van der Waals surface area contributed by atoms with Gasteiger partial charge in [-0.3, -0.25) is 0 Å². The summed E-state index contributed by atoms with van der Waals surface area (Å²) in [6.45, 7) is 4.16. The zero-order chi connectivity index (χ0) is 15.0. The second-order valence-electron chi connectivity index (χ2n) is 5.75. The van der Waals surface area contributed by atoms with E-state index in [2.05, 4.69) is 35.8 Å². The van der Waals surface area contributed by atoms with E-state index >= 15 is 0 Å². The largest absolute Gasteiger partial charge is 0.483 e. The number of hydrogen-bond acceptors (Lipinski definition) is 2. The minimum Gasteiger partial charge on any atom is -0.483 e. The Labute approximate surface area is 138 Å².